The molecule has 1 aliphatic rings. The zero-order chi connectivity index (χ0) is 17.4. The van der Waals surface area contributed by atoms with E-state index < -0.39 is 0 Å². The summed E-state index contributed by atoms with van der Waals surface area (Å²) in [5.74, 6) is 1.25. The third-order valence-electron chi connectivity index (χ3n) is 4.45. The van der Waals surface area contributed by atoms with Gasteiger partial charge in [0.1, 0.15) is 17.9 Å². The van der Waals surface area contributed by atoms with Crippen LogP contribution >= 0.6 is 15.9 Å². The third kappa shape index (κ3) is 3.00. The van der Waals surface area contributed by atoms with Crippen molar-refractivity contribution >= 4 is 21.9 Å². The first-order valence-corrected chi connectivity index (χ1v) is 8.70. The molecule has 0 spiro atoms. The normalized spacial score (nSPS) is 19.2. The van der Waals surface area contributed by atoms with Gasteiger partial charge in [-0.15, -0.1) is 0 Å². The highest BCUT2D eigenvalue weighted by atomic mass is 79.9. The van der Waals surface area contributed by atoms with E-state index in [-0.39, 0.29) is 17.9 Å². The quantitative estimate of drug-likeness (QED) is 0.707. The van der Waals surface area contributed by atoms with E-state index in [0.717, 1.165) is 27.8 Å². The van der Waals surface area contributed by atoms with Crippen molar-refractivity contribution in [3.63, 3.8) is 0 Å². The lowest BCUT2D eigenvalue weighted by Crippen LogP contribution is -2.28. The summed E-state index contributed by atoms with van der Waals surface area (Å²) in [5.41, 5.74) is 2.03. The highest BCUT2D eigenvalue weighted by molar-refractivity contribution is 9.10. The van der Waals surface area contributed by atoms with Crippen LogP contribution < -0.4 is 10.1 Å². The van der Waals surface area contributed by atoms with Gasteiger partial charge in [-0.2, -0.15) is 10.1 Å². The molecular formula is C18H16BrFN4O. The molecule has 0 saturated heterocycles. The molecule has 128 valence electrons. The molecule has 0 fully saturated rings. The Kier molecular flexibility index (Phi) is 4.17. The maximum atomic E-state index is 13.3. The number of anilines is 1. The SMILES string of the molecule is COc1ccc(Br)cc1[C@@H]1C[C@@H](c2ccc(F)cc2)Nc2ncnn21. The Morgan fingerprint density at radius 2 is 2.04 bits per heavy atom. The van der Waals surface area contributed by atoms with Crippen molar-refractivity contribution in [2.75, 3.05) is 12.4 Å². The topological polar surface area (TPSA) is 52.0 Å². The molecule has 0 amide bonds. The standard InChI is InChI=1S/C18H16BrFN4O/c1-25-17-7-4-12(19)8-14(17)16-9-15(11-2-5-13(20)6-3-11)23-18-21-10-22-24(16)18/h2-8,10,15-16H,9H2,1H3,(H,21,22,23)/t15-,16-/m0/s1. The van der Waals surface area contributed by atoms with Crippen LogP contribution in [-0.2, 0) is 0 Å². The summed E-state index contributed by atoms with van der Waals surface area (Å²) in [4.78, 5) is 4.32. The first-order chi connectivity index (χ1) is 12.2. The Morgan fingerprint density at radius 1 is 1.24 bits per heavy atom. The van der Waals surface area contributed by atoms with Gasteiger partial charge >= 0.3 is 0 Å². The van der Waals surface area contributed by atoms with E-state index >= 15 is 0 Å². The largest absolute Gasteiger partial charge is 0.496 e. The van der Waals surface area contributed by atoms with Gasteiger partial charge in [0, 0.05) is 10.0 Å². The van der Waals surface area contributed by atoms with Gasteiger partial charge in [0.05, 0.1) is 19.2 Å². The van der Waals surface area contributed by atoms with Crippen LogP contribution in [-0.4, -0.2) is 21.9 Å². The number of rotatable bonds is 3. The first-order valence-electron chi connectivity index (χ1n) is 7.90. The van der Waals surface area contributed by atoms with Crippen LogP contribution in [0, 0.1) is 5.82 Å². The van der Waals surface area contributed by atoms with Gasteiger partial charge in [0.25, 0.3) is 0 Å². The van der Waals surface area contributed by atoms with Crippen molar-refractivity contribution in [1.29, 1.82) is 0 Å². The predicted molar refractivity (Wildman–Crippen MR) is 96.2 cm³/mol. The summed E-state index contributed by atoms with van der Waals surface area (Å²) >= 11 is 3.53. The van der Waals surface area contributed by atoms with Gasteiger partial charge < -0.3 is 10.1 Å². The lowest BCUT2D eigenvalue weighted by Gasteiger charge is -2.32. The van der Waals surface area contributed by atoms with Gasteiger partial charge in [-0.1, -0.05) is 28.1 Å². The number of ether oxygens (including phenoxy) is 1. The lowest BCUT2D eigenvalue weighted by atomic mass is 9.93. The minimum Gasteiger partial charge on any atom is -0.496 e. The van der Waals surface area contributed by atoms with Crippen molar-refractivity contribution in [3.05, 3.63) is 70.2 Å². The Morgan fingerprint density at radius 3 is 2.80 bits per heavy atom. The average Bonchev–Trinajstić information content (AvgIpc) is 3.10. The fraction of sp³-hybridized carbons (Fsp3) is 0.222. The molecule has 0 unspecified atom stereocenters. The van der Waals surface area contributed by atoms with Crippen molar-refractivity contribution in [3.8, 4) is 5.75 Å². The second-order valence-corrected chi connectivity index (χ2v) is 6.83. The number of nitrogens with zero attached hydrogens (tertiary/aromatic N) is 3. The molecule has 1 aromatic heterocycles. The molecule has 1 N–H and O–H groups in total. The monoisotopic (exact) mass is 402 g/mol. The molecule has 0 radical (unpaired) electrons. The van der Waals surface area contributed by atoms with Crippen LogP contribution in [0.25, 0.3) is 0 Å². The number of halogens is 2. The molecule has 7 heteroatoms. The van der Waals surface area contributed by atoms with Crippen molar-refractivity contribution in [2.24, 2.45) is 0 Å². The number of hydrogen-bond acceptors (Lipinski definition) is 4. The summed E-state index contributed by atoms with van der Waals surface area (Å²) in [6.07, 6.45) is 2.28. The van der Waals surface area contributed by atoms with E-state index in [1.54, 1.807) is 19.2 Å². The molecule has 4 rings (SSSR count). The minimum absolute atomic E-state index is 0.00554. The minimum atomic E-state index is -0.243. The summed E-state index contributed by atoms with van der Waals surface area (Å²) in [6.45, 7) is 0. The maximum Gasteiger partial charge on any atom is 0.222 e. The third-order valence-corrected chi connectivity index (χ3v) is 4.95. The van der Waals surface area contributed by atoms with E-state index in [4.69, 9.17) is 4.74 Å². The number of methoxy groups -OCH3 is 1. The van der Waals surface area contributed by atoms with E-state index in [1.165, 1.54) is 18.5 Å². The van der Waals surface area contributed by atoms with E-state index in [0.29, 0.717) is 5.95 Å². The molecule has 1 aliphatic heterocycles. The van der Waals surface area contributed by atoms with E-state index in [9.17, 15) is 4.39 Å². The maximum absolute atomic E-state index is 13.3. The summed E-state index contributed by atoms with van der Waals surface area (Å²) in [5, 5.41) is 7.75. The van der Waals surface area contributed by atoms with Gasteiger partial charge in [-0.05, 0) is 42.3 Å². The Bertz CT molecular complexity index is 896. The van der Waals surface area contributed by atoms with Gasteiger partial charge in [0.2, 0.25) is 5.95 Å². The second-order valence-electron chi connectivity index (χ2n) is 5.91. The van der Waals surface area contributed by atoms with Crippen LogP contribution in [0.5, 0.6) is 5.75 Å². The van der Waals surface area contributed by atoms with Crippen LogP contribution in [0.4, 0.5) is 10.3 Å². The smallest absolute Gasteiger partial charge is 0.222 e. The molecule has 3 aromatic rings. The Labute approximate surface area is 153 Å². The molecule has 2 aromatic carbocycles. The van der Waals surface area contributed by atoms with Crippen LogP contribution in [0.2, 0.25) is 0 Å². The predicted octanol–water partition coefficient (Wildman–Crippen LogP) is 4.33. The van der Waals surface area contributed by atoms with Crippen molar-refractivity contribution < 1.29 is 9.13 Å². The van der Waals surface area contributed by atoms with Crippen LogP contribution in [0.3, 0.4) is 0 Å². The number of fused-ring (bicyclic) bond motifs is 1. The van der Waals surface area contributed by atoms with Gasteiger partial charge in [-0.25, -0.2) is 9.07 Å². The highest BCUT2D eigenvalue weighted by Gasteiger charge is 2.31. The van der Waals surface area contributed by atoms with Gasteiger partial charge in [0.15, 0.2) is 0 Å². The zero-order valence-electron chi connectivity index (χ0n) is 13.5. The fourth-order valence-corrected chi connectivity index (χ4v) is 3.64. The molecule has 0 saturated carbocycles. The Hall–Kier alpha value is -2.41. The molecule has 5 nitrogen and oxygen atoms in total. The summed E-state index contributed by atoms with van der Waals surface area (Å²) < 4.78 is 21.6. The number of benzene rings is 2. The molecule has 2 atom stereocenters. The second kappa shape index (κ2) is 6.48. The zero-order valence-corrected chi connectivity index (χ0v) is 15.1. The van der Waals surface area contributed by atoms with Crippen LogP contribution in [0.1, 0.15) is 29.6 Å². The summed E-state index contributed by atoms with van der Waals surface area (Å²) in [6, 6.07) is 12.4. The van der Waals surface area contributed by atoms with Crippen molar-refractivity contribution in [2.45, 2.75) is 18.5 Å². The fourth-order valence-electron chi connectivity index (χ4n) is 3.26. The van der Waals surface area contributed by atoms with Crippen LogP contribution in [0.15, 0.2) is 53.3 Å². The number of aromatic nitrogens is 3. The average molecular weight is 403 g/mol. The highest BCUT2D eigenvalue weighted by Crippen LogP contribution is 2.41. The number of hydrogen-bond donors (Lipinski definition) is 1. The lowest BCUT2D eigenvalue weighted by molar-refractivity contribution is 0.379. The Balaban J connectivity index is 1.77. The van der Waals surface area contributed by atoms with E-state index in [1.807, 2.05) is 22.9 Å². The molecule has 0 bridgehead atoms. The molecule has 25 heavy (non-hydrogen) atoms. The molecule has 0 aliphatic carbocycles. The van der Waals surface area contributed by atoms with Crippen molar-refractivity contribution in [1.82, 2.24) is 14.8 Å². The molecular weight excluding hydrogens is 387 g/mol. The van der Waals surface area contributed by atoms with Gasteiger partial charge in [-0.3, -0.25) is 0 Å². The van der Waals surface area contributed by atoms with E-state index in [2.05, 4.69) is 31.3 Å². The number of nitrogens with one attached hydrogen (secondary N) is 1. The molecule has 2 heterocycles. The summed E-state index contributed by atoms with van der Waals surface area (Å²) in [7, 11) is 1.66. The first kappa shape index (κ1) is 16.1.